The third-order valence-electron chi connectivity index (χ3n) is 3.05. The van der Waals surface area contributed by atoms with E-state index in [1.807, 2.05) is 12.1 Å². The van der Waals surface area contributed by atoms with E-state index in [9.17, 15) is 14.7 Å². The molecule has 110 valence electrons. The van der Waals surface area contributed by atoms with Gasteiger partial charge in [-0.2, -0.15) is 0 Å². The molecule has 0 spiro atoms. The lowest BCUT2D eigenvalue weighted by atomic mass is 9.86. The van der Waals surface area contributed by atoms with Crippen LogP contribution in [-0.4, -0.2) is 34.2 Å². The Kier molecular flexibility index (Phi) is 4.89. The molecule has 0 heterocycles. The summed E-state index contributed by atoms with van der Waals surface area (Å²) < 4.78 is 0. The maximum Gasteiger partial charge on any atom is 0.328 e. The van der Waals surface area contributed by atoms with Crippen molar-refractivity contribution in [3.63, 3.8) is 0 Å². The summed E-state index contributed by atoms with van der Waals surface area (Å²) in [6.07, 6.45) is -1.16. The Balaban J connectivity index is 2.85. The van der Waals surface area contributed by atoms with Gasteiger partial charge in [0.1, 0.15) is 0 Å². The molecule has 5 heteroatoms. The molecule has 1 aromatic rings. The van der Waals surface area contributed by atoms with E-state index in [0.717, 1.165) is 5.56 Å². The molecule has 0 radical (unpaired) electrons. The summed E-state index contributed by atoms with van der Waals surface area (Å²) >= 11 is 0. The molecule has 0 aliphatic rings. The summed E-state index contributed by atoms with van der Waals surface area (Å²) in [6, 6.07) is 5.67. The fourth-order valence-electron chi connectivity index (χ4n) is 1.73. The second kappa shape index (κ2) is 6.05. The first-order chi connectivity index (χ1) is 9.12. The Morgan fingerprint density at radius 3 is 2.00 bits per heavy atom. The van der Waals surface area contributed by atoms with E-state index < -0.39 is 24.0 Å². The van der Waals surface area contributed by atoms with Gasteiger partial charge in [0.15, 0.2) is 6.04 Å². The van der Waals surface area contributed by atoms with Crippen LogP contribution >= 0.6 is 0 Å². The third-order valence-corrected chi connectivity index (χ3v) is 3.05. The van der Waals surface area contributed by atoms with Crippen molar-refractivity contribution in [3.8, 4) is 0 Å². The number of aliphatic hydroxyl groups excluding tert-OH is 1. The summed E-state index contributed by atoms with van der Waals surface area (Å²) in [6.45, 7) is 7.52. The summed E-state index contributed by atoms with van der Waals surface area (Å²) in [5, 5.41) is 20.6. The Morgan fingerprint density at radius 2 is 1.65 bits per heavy atom. The van der Waals surface area contributed by atoms with Gasteiger partial charge in [0.25, 0.3) is 5.91 Å². The number of benzene rings is 1. The van der Waals surface area contributed by atoms with Gasteiger partial charge in [0.05, 0.1) is 6.10 Å². The molecule has 0 aliphatic carbocycles. The molecule has 1 amide bonds. The quantitative estimate of drug-likeness (QED) is 0.780. The van der Waals surface area contributed by atoms with Crippen molar-refractivity contribution in [1.29, 1.82) is 0 Å². The van der Waals surface area contributed by atoms with Gasteiger partial charge < -0.3 is 15.5 Å². The third kappa shape index (κ3) is 4.06. The van der Waals surface area contributed by atoms with Crippen molar-refractivity contribution in [2.45, 2.75) is 45.3 Å². The second-order valence-electron chi connectivity index (χ2n) is 5.86. The fraction of sp³-hybridized carbons (Fsp3) is 0.467. The zero-order valence-corrected chi connectivity index (χ0v) is 12.2. The van der Waals surface area contributed by atoms with Crippen molar-refractivity contribution >= 4 is 11.9 Å². The van der Waals surface area contributed by atoms with Crippen molar-refractivity contribution < 1.29 is 19.8 Å². The lowest BCUT2D eigenvalue weighted by molar-refractivity contribution is -0.141. The Hall–Kier alpha value is -1.88. The molecule has 2 unspecified atom stereocenters. The van der Waals surface area contributed by atoms with Crippen molar-refractivity contribution in [3.05, 3.63) is 35.4 Å². The number of hydrogen-bond acceptors (Lipinski definition) is 3. The largest absolute Gasteiger partial charge is 0.480 e. The maximum absolute atomic E-state index is 11.9. The van der Waals surface area contributed by atoms with Gasteiger partial charge >= 0.3 is 5.97 Å². The molecule has 0 aromatic heterocycles. The number of rotatable bonds is 4. The topological polar surface area (TPSA) is 86.6 Å². The van der Waals surface area contributed by atoms with E-state index in [2.05, 4.69) is 26.1 Å². The molecule has 0 bridgehead atoms. The average molecular weight is 279 g/mol. The highest BCUT2D eigenvalue weighted by molar-refractivity contribution is 5.96. The number of hydrogen-bond donors (Lipinski definition) is 3. The number of nitrogens with one attached hydrogen (secondary N) is 1. The number of carbonyl (C=O) groups is 2. The zero-order valence-electron chi connectivity index (χ0n) is 12.2. The normalized spacial score (nSPS) is 14.4. The van der Waals surface area contributed by atoms with Crippen LogP contribution in [0.2, 0.25) is 0 Å². The minimum Gasteiger partial charge on any atom is -0.480 e. The van der Waals surface area contributed by atoms with Gasteiger partial charge in [0.2, 0.25) is 0 Å². The van der Waals surface area contributed by atoms with Crippen LogP contribution in [0, 0.1) is 0 Å². The van der Waals surface area contributed by atoms with Gasteiger partial charge in [-0.05, 0) is 30.0 Å². The highest BCUT2D eigenvalue weighted by Gasteiger charge is 2.25. The van der Waals surface area contributed by atoms with Gasteiger partial charge in [-0.15, -0.1) is 0 Å². The molecule has 0 saturated carbocycles. The minimum atomic E-state index is -1.32. The van der Waals surface area contributed by atoms with Gasteiger partial charge in [-0.25, -0.2) is 4.79 Å². The SMILES string of the molecule is CC(O)C(NC(=O)c1ccc(C(C)(C)C)cc1)C(=O)O. The summed E-state index contributed by atoms with van der Waals surface area (Å²) in [7, 11) is 0. The number of aliphatic carboxylic acids is 1. The van der Waals surface area contributed by atoms with Crippen molar-refractivity contribution in [2.24, 2.45) is 0 Å². The van der Waals surface area contributed by atoms with Crippen molar-refractivity contribution in [2.75, 3.05) is 0 Å². The van der Waals surface area contributed by atoms with Gasteiger partial charge in [-0.1, -0.05) is 32.9 Å². The number of carboxylic acids is 1. The zero-order chi connectivity index (χ0) is 15.5. The fourth-order valence-corrected chi connectivity index (χ4v) is 1.73. The van der Waals surface area contributed by atoms with Crippen molar-refractivity contribution in [1.82, 2.24) is 5.32 Å². The molecular formula is C15H21NO4. The molecule has 3 N–H and O–H groups in total. The Labute approximate surface area is 118 Å². The molecular weight excluding hydrogens is 258 g/mol. The highest BCUT2D eigenvalue weighted by Crippen LogP contribution is 2.22. The number of aliphatic hydroxyl groups is 1. The Morgan fingerprint density at radius 1 is 1.15 bits per heavy atom. The molecule has 1 rings (SSSR count). The smallest absolute Gasteiger partial charge is 0.328 e. The van der Waals surface area contributed by atoms with Gasteiger partial charge in [0, 0.05) is 5.56 Å². The van der Waals surface area contributed by atoms with Crippen LogP contribution in [0.5, 0.6) is 0 Å². The first-order valence-electron chi connectivity index (χ1n) is 6.45. The first-order valence-corrected chi connectivity index (χ1v) is 6.45. The summed E-state index contributed by atoms with van der Waals surface area (Å²) in [5.41, 5.74) is 1.43. The molecule has 0 saturated heterocycles. The number of carboxylic acid groups (broad SMARTS) is 1. The first kappa shape index (κ1) is 16.2. The van der Waals surface area contributed by atoms with E-state index >= 15 is 0 Å². The minimum absolute atomic E-state index is 0.0157. The van der Waals surface area contributed by atoms with Crippen LogP contribution in [-0.2, 0) is 10.2 Å². The second-order valence-corrected chi connectivity index (χ2v) is 5.86. The highest BCUT2D eigenvalue weighted by atomic mass is 16.4. The van der Waals surface area contributed by atoms with E-state index in [1.165, 1.54) is 6.92 Å². The van der Waals surface area contributed by atoms with E-state index in [0.29, 0.717) is 5.56 Å². The lowest BCUT2D eigenvalue weighted by Crippen LogP contribution is -2.47. The van der Waals surface area contributed by atoms with Crippen LogP contribution in [0.4, 0.5) is 0 Å². The van der Waals surface area contributed by atoms with E-state index in [4.69, 9.17) is 5.11 Å². The van der Waals surface area contributed by atoms with Crippen LogP contribution in [0.15, 0.2) is 24.3 Å². The predicted octanol–water partition coefficient (Wildman–Crippen LogP) is 1.55. The average Bonchev–Trinajstić information content (AvgIpc) is 2.34. The molecule has 2 atom stereocenters. The predicted molar refractivity (Wildman–Crippen MR) is 75.7 cm³/mol. The van der Waals surface area contributed by atoms with Crippen LogP contribution in [0.3, 0.4) is 0 Å². The van der Waals surface area contributed by atoms with Crippen LogP contribution < -0.4 is 5.32 Å². The van der Waals surface area contributed by atoms with E-state index in [-0.39, 0.29) is 5.41 Å². The molecule has 0 fully saturated rings. The molecule has 1 aromatic carbocycles. The molecule has 20 heavy (non-hydrogen) atoms. The lowest BCUT2D eigenvalue weighted by Gasteiger charge is -2.20. The molecule has 0 aliphatic heterocycles. The molecule has 5 nitrogen and oxygen atoms in total. The van der Waals surface area contributed by atoms with Crippen LogP contribution in [0.25, 0.3) is 0 Å². The van der Waals surface area contributed by atoms with Crippen LogP contribution in [0.1, 0.15) is 43.6 Å². The van der Waals surface area contributed by atoms with Gasteiger partial charge in [-0.3, -0.25) is 4.79 Å². The Bertz CT molecular complexity index is 486. The standard InChI is InChI=1S/C15H21NO4/c1-9(17)12(14(19)20)16-13(18)10-5-7-11(8-6-10)15(2,3)4/h5-9,12,17H,1-4H3,(H,16,18)(H,19,20). The monoisotopic (exact) mass is 279 g/mol. The number of carbonyl (C=O) groups excluding carboxylic acids is 1. The summed E-state index contributed by atoms with van der Waals surface area (Å²) in [4.78, 5) is 22.9. The summed E-state index contributed by atoms with van der Waals surface area (Å²) in [5.74, 6) is -1.78. The van der Waals surface area contributed by atoms with E-state index in [1.54, 1.807) is 12.1 Å². The maximum atomic E-state index is 11.9. The number of amides is 1.